The van der Waals surface area contributed by atoms with Crippen molar-refractivity contribution in [3.63, 3.8) is 0 Å². The first-order valence-corrected chi connectivity index (χ1v) is 7.24. The fraction of sp³-hybridized carbons (Fsp3) is 0.462. The SMILES string of the molecule is CCC(CCO)NC(=O)Nc1cccc(SC)c1. The molecule has 0 aliphatic carbocycles. The predicted molar refractivity (Wildman–Crippen MR) is 76.2 cm³/mol. The molecule has 18 heavy (non-hydrogen) atoms. The highest BCUT2D eigenvalue weighted by Crippen LogP contribution is 2.18. The summed E-state index contributed by atoms with van der Waals surface area (Å²) in [5.41, 5.74) is 0.776. The van der Waals surface area contributed by atoms with Gasteiger partial charge in [0.2, 0.25) is 0 Å². The van der Waals surface area contributed by atoms with Crippen molar-refractivity contribution in [3.8, 4) is 0 Å². The van der Waals surface area contributed by atoms with E-state index in [9.17, 15) is 4.79 Å². The minimum Gasteiger partial charge on any atom is -0.396 e. The Morgan fingerprint density at radius 1 is 1.50 bits per heavy atom. The highest BCUT2D eigenvalue weighted by Gasteiger charge is 2.09. The smallest absolute Gasteiger partial charge is 0.319 e. The maximum absolute atomic E-state index is 11.7. The lowest BCUT2D eigenvalue weighted by atomic mass is 10.2. The molecule has 0 fully saturated rings. The third-order valence-electron chi connectivity index (χ3n) is 2.63. The molecule has 0 aliphatic rings. The number of hydrogen-bond donors (Lipinski definition) is 3. The number of aliphatic hydroxyl groups is 1. The van der Waals surface area contributed by atoms with Crippen molar-refractivity contribution in [2.24, 2.45) is 0 Å². The van der Waals surface area contributed by atoms with E-state index in [0.29, 0.717) is 6.42 Å². The minimum atomic E-state index is -0.228. The van der Waals surface area contributed by atoms with Gasteiger partial charge in [0.05, 0.1) is 0 Å². The van der Waals surface area contributed by atoms with Crippen LogP contribution in [0.2, 0.25) is 0 Å². The Kier molecular flexibility index (Phi) is 6.60. The van der Waals surface area contributed by atoms with E-state index in [1.165, 1.54) is 0 Å². The zero-order valence-electron chi connectivity index (χ0n) is 10.8. The molecule has 0 radical (unpaired) electrons. The number of hydrogen-bond acceptors (Lipinski definition) is 3. The van der Waals surface area contributed by atoms with Gasteiger partial charge in [-0.1, -0.05) is 13.0 Å². The lowest BCUT2D eigenvalue weighted by Gasteiger charge is -2.16. The largest absolute Gasteiger partial charge is 0.396 e. The van der Waals surface area contributed by atoms with Crippen LogP contribution in [0.3, 0.4) is 0 Å². The number of carbonyl (C=O) groups is 1. The first-order valence-electron chi connectivity index (χ1n) is 6.02. The first-order chi connectivity index (χ1) is 8.69. The average molecular weight is 268 g/mol. The summed E-state index contributed by atoms with van der Waals surface area (Å²) in [5.74, 6) is 0. The number of carbonyl (C=O) groups excluding carboxylic acids is 1. The summed E-state index contributed by atoms with van der Waals surface area (Å²) in [5, 5.41) is 14.5. The van der Waals surface area contributed by atoms with Crippen LogP contribution in [0.15, 0.2) is 29.2 Å². The average Bonchev–Trinajstić information content (AvgIpc) is 2.38. The Balaban J connectivity index is 2.52. The molecule has 0 spiro atoms. The number of anilines is 1. The van der Waals surface area contributed by atoms with Gasteiger partial charge in [-0.25, -0.2) is 4.79 Å². The molecule has 3 N–H and O–H groups in total. The van der Waals surface area contributed by atoms with E-state index >= 15 is 0 Å². The molecule has 4 nitrogen and oxygen atoms in total. The molecule has 0 saturated carbocycles. The van der Waals surface area contributed by atoms with Gasteiger partial charge in [-0.15, -0.1) is 11.8 Å². The predicted octanol–water partition coefficient (Wildman–Crippen LogP) is 2.69. The number of rotatable bonds is 6. The van der Waals surface area contributed by atoms with Crippen molar-refractivity contribution in [1.29, 1.82) is 0 Å². The standard InChI is InChI=1S/C13H20N2O2S/c1-3-10(7-8-16)14-13(17)15-11-5-4-6-12(9-11)18-2/h4-6,9-10,16H,3,7-8H2,1-2H3,(H2,14,15,17). The third-order valence-corrected chi connectivity index (χ3v) is 3.36. The number of aliphatic hydroxyl groups excluding tert-OH is 1. The van der Waals surface area contributed by atoms with E-state index in [2.05, 4.69) is 10.6 Å². The highest BCUT2D eigenvalue weighted by atomic mass is 32.2. The van der Waals surface area contributed by atoms with E-state index in [1.54, 1.807) is 11.8 Å². The summed E-state index contributed by atoms with van der Waals surface area (Å²) in [6.07, 6.45) is 3.38. The molecule has 5 heteroatoms. The van der Waals surface area contributed by atoms with Crippen LogP contribution >= 0.6 is 11.8 Å². The number of amides is 2. The molecule has 100 valence electrons. The van der Waals surface area contributed by atoms with Gasteiger partial charge in [0.1, 0.15) is 0 Å². The number of urea groups is 1. The molecule has 0 aromatic heterocycles. The van der Waals surface area contributed by atoms with Gasteiger partial charge >= 0.3 is 6.03 Å². The summed E-state index contributed by atoms with van der Waals surface area (Å²) in [6, 6.07) is 7.47. The normalized spacial score (nSPS) is 11.9. The Hall–Kier alpha value is -1.20. The molecule has 1 rings (SSSR count). The summed E-state index contributed by atoms with van der Waals surface area (Å²) >= 11 is 1.63. The van der Waals surface area contributed by atoms with Crippen LogP contribution in [0.4, 0.5) is 10.5 Å². The fourth-order valence-corrected chi connectivity index (χ4v) is 2.05. The second kappa shape index (κ2) is 8.00. The maximum atomic E-state index is 11.7. The van der Waals surface area contributed by atoms with Crippen molar-refractivity contribution in [3.05, 3.63) is 24.3 Å². The van der Waals surface area contributed by atoms with Crippen LogP contribution in [0.5, 0.6) is 0 Å². The Bertz CT molecular complexity index is 385. The van der Waals surface area contributed by atoms with Gasteiger partial charge < -0.3 is 15.7 Å². The molecule has 0 bridgehead atoms. The van der Waals surface area contributed by atoms with Crippen LogP contribution in [0.1, 0.15) is 19.8 Å². The van der Waals surface area contributed by atoms with Gasteiger partial charge in [-0.2, -0.15) is 0 Å². The molecule has 2 amide bonds. The molecule has 1 atom stereocenters. The summed E-state index contributed by atoms with van der Waals surface area (Å²) in [7, 11) is 0. The topological polar surface area (TPSA) is 61.4 Å². The zero-order valence-corrected chi connectivity index (χ0v) is 11.6. The Morgan fingerprint density at radius 2 is 2.28 bits per heavy atom. The van der Waals surface area contributed by atoms with Crippen LogP contribution in [-0.4, -0.2) is 30.0 Å². The van der Waals surface area contributed by atoms with Crippen molar-refractivity contribution >= 4 is 23.5 Å². The fourth-order valence-electron chi connectivity index (χ4n) is 1.59. The van der Waals surface area contributed by atoms with Crippen molar-refractivity contribution in [2.45, 2.75) is 30.7 Å². The molecule has 0 aliphatic heterocycles. The lowest BCUT2D eigenvalue weighted by molar-refractivity contribution is 0.237. The van der Waals surface area contributed by atoms with Gasteiger partial charge in [0.25, 0.3) is 0 Å². The van der Waals surface area contributed by atoms with Crippen molar-refractivity contribution < 1.29 is 9.90 Å². The Labute approximate surface area is 112 Å². The van der Waals surface area contributed by atoms with E-state index in [4.69, 9.17) is 5.11 Å². The Morgan fingerprint density at radius 3 is 2.89 bits per heavy atom. The summed E-state index contributed by atoms with van der Waals surface area (Å²) < 4.78 is 0. The van der Waals surface area contributed by atoms with Crippen LogP contribution in [-0.2, 0) is 0 Å². The molecule has 1 unspecified atom stereocenters. The number of thioether (sulfide) groups is 1. The minimum absolute atomic E-state index is 0.0127. The van der Waals surface area contributed by atoms with Crippen molar-refractivity contribution in [1.82, 2.24) is 5.32 Å². The number of nitrogens with one attached hydrogen (secondary N) is 2. The quantitative estimate of drug-likeness (QED) is 0.695. The number of benzene rings is 1. The first kappa shape index (κ1) is 14.9. The van der Waals surface area contributed by atoms with E-state index < -0.39 is 0 Å². The molecular weight excluding hydrogens is 248 g/mol. The highest BCUT2D eigenvalue weighted by molar-refractivity contribution is 7.98. The van der Waals surface area contributed by atoms with Crippen LogP contribution < -0.4 is 10.6 Å². The molecule has 0 heterocycles. The van der Waals surface area contributed by atoms with Crippen LogP contribution in [0.25, 0.3) is 0 Å². The molecular formula is C13H20N2O2S. The molecule has 0 saturated heterocycles. The lowest BCUT2D eigenvalue weighted by Crippen LogP contribution is -2.38. The van der Waals surface area contributed by atoms with Gasteiger partial charge in [-0.3, -0.25) is 0 Å². The molecule has 1 aromatic carbocycles. The monoisotopic (exact) mass is 268 g/mol. The van der Waals surface area contributed by atoms with Crippen LogP contribution in [0, 0.1) is 0 Å². The van der Waals surface area contributed by atoms with E-state index in [0.717, 1.165) is 17.0 Å². The van der Waals surface area contributed by atoms with E-state index in [1.807, 2.05) is 37.4 Å². The second-order valence-corrected chi connectivity index (χ2v) is 4.83. The summed E-state index contributed by atoms with van der Waals surface area (Å²) in [6.45, 7) is 2.07. The van der Waals surface area contributed by atoms with Gasteiger partial charge in [-0.05, 0) is 37.3 Å². The third kappa shape index (κ3) is 4.98. The molecule has 1 aromatic rings. The maximum Gasteiger partial charge on any atom is 0.319 e. The van der Waals surface area contributed by atoms with Gasteiger partial charge in [0.15, 0.2) is 0 Å². The summed E-state index contributed by atoms with van der Waals surface area (Å²) in [4.78, 5) is 12.9. The van der Waals surface area contributed by atoms with Crippen molar-refractivity contribution in [2.75, 3.05) is 18.2 Å². The van der Waals surface area contributed by atoms with Gasteiger partial charge in [0, 0.05) is 23.2 Å². The zero-order chi connectivity index (χ0) is 13.4. The second-order valence-electron chi connectivity index (χ2n) is 3.95. The van der Waals surface area contributed by atoms with E-state index in [-0.39, 0.29) is 18.7 Å².